The largest absolute Gasteiger partial charge is 0.481 e. The molecule has 0 aliphatic heterocycles. The molecule has 8 heteroatoms. The van der Waals surface area contributed by atoms with E-state index in [0.717, 1.165) is 33.6 Å². The van der Waals surface area contributed by atoms with Crippen LogP contribution in [-0.4, -0.2) is 31.6 Å². The van der Waals surface area contributed by atoms with Gasteiger partial charge in [-0.05, 0) is 55.2 Å². The summed E-state index contributed by atoms with van der Waals surface area (Å²) < 4.78 is 19.5. The van der Waals surface area contributed by atoms with Gasteiger partial charge in [0, 0.05) is 48.3 Å². The number of aldehydes is 1. The summed E-state index contributed by atoms with van der Waals surface area (Å²) in [4.78, 5) is 16.0. The molecule has 0 amide bonds. The molecule has 0 unspecified atom stereocenters. The Balaban J connectivity index is 0.00000385. The molecule has 0 saturated heterocycles. The van der Waals surface area contributed by atoms with Gasteiger partial charge in [-0.15, -0.1) is 0 Å². The summed E-state index contributed by atoms with van der Waals surface area (Å²) in [5.74, 6) is 0.0179. The predicted molar refractivity (Wildman–Crippen MR) is 131 cm³/mol. The minimum atomic E-state index is -0.549. The number of hydrogen-bond donors (Lipinski definition) is 0. The fourth-order valence-corrected chi connectivity index (χ4v) is 4.18. The van der Waals surface area contributed by atoms with E-state index in [0.29, 0.717) is 29.5 Å². The summed E-state index contributed by atoms with van der Waals surface area (Å²) in [6.45, 7) is 3.84. The summed E-state index contributed by atoms with van der Waals surface area (Å²) >= 11 is 3.61. The number of carbonyl (C=O) groups is 1. The Morgan fingerprint density at radius 3 is 2.61 bits per heavy atom. The van der Waals surface area contributed by atoms with Crippen molar-refractivity contribution in [3.63, 3.8) is 0 Å². The van der Waals surface area contributed by atoms with Crippen molar-refractivity contribution < 1.29 is 32.5 Å². The maximum atomic E-state index is 14.3. The molecule has 1 aliphatic rings. The third kappa shape index (κ3) is 6.11. The molecule has 1 heterocycles. The Bertz CT molecular complexity index is 1160. The van der Waals surface area contributed by atoms with Crippen molar-refractivity contribution in [2.24, 2.45) is 5.10 Å². The molecule has 0 N–H and O–H groups in total. The van der Waals surface area contributed by atoms with Crippen LogP contribution >= 0.6 is 15.9 Å². The van der Waals surface area contributed by atoms with Crippen LogP contribution in [0.1, 0.15) is 24.6 Å². The first-order valence-corrected chi connectivity index (χ1v) is 11.2. The van der Waals surface area contributed by atoms with Gasteiger partial charge in [-0.1, -0.05) is 39.7 Å². The number of benzene rings is 1. The van der Waals surface area contributed by atoms with Gasteiger partial charge in [-0.2, -0.15) is 5.10 Å². The average Bonchev–Trinajstić information content (AvgIpc) is 2.94. The van der Waals surface area contributed by atoms with Gasteiger partial charge in [0.15, 0.2) is 6.29 Å². The number of pyridine rings is 1. The van der Waals surface area contributed by atoms with E-state index in [-0.39, 0.29) is 24.1 Å². The second kappa shape index (κ2) is 12.1. The van der Waals surface area contributed by atoms with Crippen LogP contribution in [-0.2, 0) is 28.7 Å². The van der Waals surface area contributed by atoms with Crippen LogP contribution < -0.4 is 9.75 Å². The third-order valence-corrected chi connectivity index (χ3v) is 5.85. The summed E-state index contributed by atoms with van der Waals surface area (Å²) in [5.41, 5.74) is 6.34. The molecule has 1 aromatic carbocycles. The summed E-state index contributed by atoms with van der Waals surface area (Å²) in [6.07, 6.45) is 5.56. The first-order chi connectivity index (χ1) is 15.4. The molecule has 3 rings (SSSR count). The zero-order valence-electron chi connectivity index (χ0n) is 19.0. The fraction of sp³-hybridized carbons (Fsp3) is 0.240. The topological polar surface area (TPSA) is 54.8 Å². The maximum absolute atomic E-state index is 14.3. The number of aromatic nitrogens is 1. The Morgan fingerprint density at radius 2 is 1.97 bits per heavy atom. The number of rotatable bonds is 7. The van der Waals surface area contributed by atoms with Crippen molar-refractivity contribution in [2.45, 2.75) is 25.6 Å². The molecular formula is C25H25BrFN3O2V. The van der Waals surface area contributed by atoms with Crippen molar-refractivity contribution in [2.75, 3.05) is 19.2 Å². The second-order valence-corrected chi connectivity index (χ2v) is 8.01. The molecule has 0 saturated carbocycles. The minimum absolute atomic E-state index is 0. The molecule has 1 aliphatic carbocycles. The van der Waals surface area contributed by atoms with E-state index in [9.17, 15) is 9.18 Å². The Hall–Kier alpha value is -2.48. The van der Waals surface area contributed by atoms with Crippen LogP contribution in [0.15, 0.2) is 70.1 Å². The number of hydrazone groups is 1. The van der Waals surface area contributed by atoms with Crippen LogP contribution in [0.4, 0.5) is 10.1 Å². The van der Waals surface area contributed by atoms with Crippen LogP contribution in [0.2, 0.25) is 0 Å². The number of ether oxygens (including phenoxy) is 1. The van der Waals surface area contributed by atoms with Gasteiger partial charge in [0.2, 0.25) is 5.88 Å². The molecule has 171 valence electrons. The van der Waals surface area contributed by atoms with Gasteiger partial charge >= 0.3 is 0 Å². The molecule has 0 spiro atoms. The van der Waals surface area contributed by atoms with Crippen molar-refractivity contribution in [3.8, 4) is 17.0 Å². The minimum Gasteiger partial charge on any atom is -0.481 e. The number of allylic oxidation sites excluding steroid dienone is 6. The first kappa shape index (κ1) is 26.8. The van der Waals surface area contributed by atoms with Crippen LogP contribution in [0.3, 0.4) is 0 Å². The molecule has 2 aromatic rings. The molecule has 0 fully saturated rings. The van der Waals surface area contributed by atoms with Crippen molar-refractivity contribution in [1.29, 1.82) is 0 Å². The van der Waals surface area contributed by atoms with E-state index >= 15 is 0 Å². The quantitative estimate of drug-likeness (QED) is 0.182. The predicted octanol–water partition coefficient (Wildman–Crippen LogP) is 6.08. The molecule has 5 nitrogen and oxygen atoms in total. The number of alkyl halides is 1. The molecular weight excluding hydrogens is 524 g/mol. The number of aryl methyl sites for hydroxylation is 1. The third-order valence-electron chi connectivity index (χ3n) is 5.28. The SMILES string of the molecule is COc1ccc(-c2cccc(N(C)/N=C\C3=C(C=O)C(F)=CC=C(C)C3)c2CBr)c(C)n1.[V]. The first-order valence-electron chi connectivity index (χ1n) is 10.1. The number of anilines is 1. The van der Waals surface area contributed by atoms with E-state index < -0.39 is 5.83 Å². The molecule has 0 atom stereocenters. The fourth-order valence-electron chi connectivity index (χ4n) is 3.59. The van der Waals surface area contributed by atoms with Crippen LogP contribution in [0, 0.1) is 6.92 Å². The van der Waals surface area contributed by atoms with Crippen molar-refractivity contribution in [3.05, 3.63) is 76.3 Å². The van der Waals surface area contributed by atoms with Gasteiger partial charge in [-0.25, -0.2) is 9.37 Å². The summed E-state index contributed by atoms with van der Waals surface area (Å²) in [6, 6.07) is 9.81. The van der Waals surface area contributed by atoms with Gasteiger partial charge in [0.1, 0.15) is 5.83 Å². The number of nitrogens with zero attached hydrogens (tertiary/aromatic N) is 3. The zero-order chi connectivity index (χ0) is 23.3. The van der Waals surface area contributed by atoms with E-state index in [1.165, 1.54) is 6.08 Å². The molecule has 33 heavy (non-hydrogen) atoms. The number of halogens is 2. The van der Waals surface area contributed by atoms with Gasteiger partial charge < -0.3 is 4.74 Å². The number of carbonyl (C=O) groups excluding carboxylic acids is 1. The molecule has 0 bridgehead atoms. The van der Waals surface area contributed by atoms with Crippen molar-refractivity contribution in [1.82, 2.24) is 4.98 Å². The Morgan fingerprint density at radius 1 is 1.21 bits per heavy atom. The van der Waals surface area contributed by atoms with E-state index in [1.54, 1.807) is 24.4 Å². The molecule has 1 radical (unpaired) electrons. The van der Waals surface area contributed by atoms with Crippen LogP contribution in [0.25, 0.3) is 11.1 Å². The Labute approximate surface area is 214 Å². The number of hydrogen-bond acceptors (Lipinski definition) is 5. The van der Waals surface area contributed by atoms with E-state index in [2.05, 4.69) is 26.0 Å². The van der Waals surface area contributed by atoms with Gasteiger partial charge in [0.05, 0.1) is 24.6 Å². The smallest absolute Gasteiger partial charge is 0.213 e. The summed E-state index contributed by atoms with van der Waals surface area (Å²) in [7, 11) is 3.42. The average molecular weight is 549 g/mol. The van der Waals surface area contributed by atoms with Gasteiger partial charge in [0.25, 0.3) is 0 Å². The second-order valence-electron chi connectivity index (χ2n) is 7.45. The van der Waals surface area contributed by atoms with Gasteiger partial charge in [-0.3, -0.25) is 9.80 Å². The van der Waals surface area contributed by atoms with Crippen molar-refractivity contribution >= 4 is 34.1 Å². The number of methoxy groups -OCH3 is 1. The normalized spacial score (nSPS) is 13.8. The standard InChI is InChI=1S/C25H25BrFN3O2.V/c1-16-8-10-23(27)22(15-31)18(12-16)14-28-30(3)24-7-5-6-20(21(24)13-26)19-9-11-25(32-4)29-17(19)2;/h5-11,14-15H,12-13H2,1-4H3;/b28-14-;. The monoisotopic (exact) mass is 548 g/mol. The maximum Gasteiger partial charge on any atom is 0.213 e. The van der Waals surface area contributed by atoms with E-state index in [4.69, 9.17) is 4.74 Å². The summed E-state index contributed by atoms with van der Waals surface area (Å²) in [5, 5.41) is 6.87. The zero-order valence-corrected chi connectivity index (χ0v) is 22.0. The molecule has 1 aromatic heterocycles. The van der Waals surface area contributed by atoms with Crippen LogP contribution in [0.5, 0.6) is 5.88 Å². The Kier molecular flexibility index (Phi) is 9.83. The van der Waals surface area contributed by atoms with E-state index in [1.807, 2.05) is 51.2 Å².